The van der Waals surface area contributed by atoms with Gasteiger partial charge in [0.05, 0.1) is 24.7 Å². The molecule has 0 aliphatic rings. The maximum absolute atomic E-state index is 13.2. The Kier molecular flexibility index (Phi) is 4.51. The minimum Gasteiger partial charge on any atom is -0.466 e. The highest BCUT2D eigenvalue weighted by Gasteiger charge is 2.23. The normalized spacial score (nSPS) is 12.3. The largest absolute Gasteiger partial charge is 0.466 e. The van der Waals surface area contributed by atoms with Gasteiger partial charge in [-0.25, -0.2) is 13.2 Å². The lowest BCUT2D eigenvalue weighted by atomic mass is 10.1. The fourth-order valence-corrected chi connectivity index (χ4v) is 1.33. The summed E-state index contributed by atoms with van der Waals surface area (Å²) in [5, 5.41) is 9.46. The molecule has 0 heterocycles. The molecule has 0 bridgehead atoms. The molecule has 0 aliphatic carbocycles. The Labute approximate surface area is 95.8 Å². The molecule has 1 atom stereocenters. The molecule has 0 radical (unpaired) electrons. The van der Waals surface area contributed by atoms with Gasteiger partial charge in [0, 0.05) is 0 Å². The molecule has 3 nitrogen and oxygen atoms in total. The third-order valence-electron chi connectivity index (χ3n) is 2.08. The van der Waals surface area contributed by atoms with Crippen LogP contribution in [0.5, 0.6) is 0 Å². The number of aliphatic hydroxyl groups is 1. The summed E-state index contributed by atoms with van der Waals surface area (Å²) in [6.45, 7) is 1.63. The van der Waals surface area contributed by atoms with Gasteiger partial charge in [0.2, 0.25) is 0 Å². The van der Waals surface area contributed by atoms with Gasteiger partial charge in [0.1, 0.15) is 5.82 Å². The summed E-state index contributed by atoms with van der Waals surface area (Å²) in [6, 6.07) is 1.29. The maximum Gasteiger partial charge on any atom is 0.308 e. The van der Waals surface area contributed by atoms with Crippen LogP contribution in [-0.4, -0.2) is 17.7 Å². The van der Waals surface area contributed by atoms with Gasteiger partial charge in [0.15, 0.2) is 11.6 Å². The van der Waals surface area contributed by atoms with Crippen LogP contribution in [-0.2, 0) is 9.53 Å². The Hall–Kier alpha value is -1.56. The van der Waals surface area contributed by atoms with E-state index in [0.717, 1.165) is 0 Å². The Morgan fingerprint density at radius 1 is 1.35 bits per heavy atom. The highest BCUT2D eigenvalue weighted by atomic mass is 19.2. The second kappa shape index (κ2) is 5.67. The highest BCUT2D eigenvalue weighted by Crippen LogP contribution is 2.25. The van der Waals surface area contributed by atoms with E-state index in [1.54, 1.807) is 6.92 Å². The zero-order valence-corrected chi connectivity index (χ0v) is 9.04. The van der Waals surface area contributed by atoms with E-state index in [1.165, 1.54) is 0 Å². The first-order valence-corrected chi connectivity index (χ1v) is 4.94. The van der Waals surface area contributed by atoms with E-state index in [0.29, 0.717) is 12.1 Å². The van der Waals surface area contributed by atoms with Gasteiger partial charge >= 0.3 is 5.97 Å². The van der Waals surface area contributed by atoms with Crippen LogP contribution in [0.15, 0.2) is 12.1 Å². The summed E-state index contributed by atoms with van der Waals surface area (Å²) in [7, 11) is 0. The van der Waals surface area contributed by atoms with Crippen LogP contribution < -0.4 is 0 Å². The van der Waals surface area contributed by atoms with Crippen LogP contribution in [0.4, 0.5) is 13.2 Å². The maximum atomic E-state index is 13.2. The van der Waals surface area contributed by atoms with E-state index in [1.807, 2.05) is 0 Å². The van der Waals surface area contributed by atoms with Crippen molar-refractivity contribution in [3.8, 4) is 0 Å². The average Bonchev–Trinajstić information content (AvgIpc) is 2.24. The highest BCUT2D eigenvalue weighted by molar-refractivity contribution is 5.70. The zero-order valence-electron chi connectivity index (χ0n) is 9.04. The number of rotatable bonds is 4. The molecule has 0 aliphatic heterocycles. The second-order valence-electron chi connectivity index (χ2n) is 3.28. The van der Waals surface area contributed by atoms with Gasteiger partial charge in [-0.3, -0.25) is 4.79 Å². The van der Waals surface area contributed by atoms with Crippen LogP contribution >= 0.6 is 0 Å². The van der Waals surface area contributed by atoms with E-state index in [9.17, 15) is 23.1 Å². The number of ether oxygens (including phenoxy) is 1. The number of hydrogen-bond acceptors (Lipinski definition) is 3. The lowest BCUT2D eigenvalue weighted by molar-refractivity contribution is -0.145. The van der Waals surface area contributed by atoms with Crippen LogP contribution in [0.25, 0.3) is 0 Å². The van der Waals surface area contributed by atoms with Crippen LogP contribution in [0.1, 0.15) is 25.0 Å². The summed E-state index contributed by atoms with van der Waals surface area (Å²) in [5.74, 6) is -4.71. The predicted octanol–water partition coefficient (Wildman–Crippen LogP) is 2.09. The SMILES string of the molecule is CCOC(=O)CC(O)c1c(F)ccc(F)c1F. The first kappa shape index (κ1) is 13.5. The summed E-state index contributed by atoms with van der Waals surface area (Å²) in [4.78, 5) is 11.0. The molecule has 1 unspecified atom stereocenters. The number of carbonyl (C=O) groups excluding carboxylic acids is 1. The van der Waals surface area contributed by atoms with E-state index < -0.39 is 41.5 Å². The first-order chi connectivity index (χ1) is 7.97. The average molecular weight is 248 g/mol. The monoisotopic (exact) mass is 248 g/mol. The number of halogens is 3. The van der Waals surface area contributed by atoms with E-state index in [2.05, 4.69) is 4.74 Å². The van der Waals surface area contributed by atoms with Crippen LogP contribution in [0.2, 0.25) is 0 Å². The van der Waals surface area contributed by atoms with Crippen molar-refractivity contribution in [3.63, 3.8) is 0 Å². The minimum absolute atomic E-state index is 0.0830. The lowest BCUT2D eigenvalue weighted by Gasteiger charge is -2.12. The third-order valence-corrected chi connectivity index (χ3v) is 2.08. The Bertz CT molecular complexity index is 421. The van der Waals surface area contributed by atoms with Gasteiger partial charge in [-0.2, -0.15) is 0 Å². The van der Waals surface area contributed by atoms with Gasteiger partial charge in [-0.1, -0.05) is 0 Å². The summed E-state index contributed by atoms with van der Waals surface area (Å²) in [6.07, 6.45) is -2.41. The van der Waals surface area contributed by atoms with Crippen molar-refractivity contribution in [1.82, 2.24) is 0 Å². The molecule has 94 valence electrons. The van der Waals surface area contributed by atoms with E-state index in [-0.39, 0.29) is 6.61 Å². The predicted molar refractivity (Wildman–Crippen MR) is 52.5 cm³/mol. The Morgan fingerprint density at radius 3 is 2.53 bits per heavy atom. The quantitative estimate of drug-likeness (QED) is 0.655. The van der Waals surface area contributed by atoms with Crippen LogP contribution in [0.3, 0.4) is 0 Å². The number of aliphatic hydroxyl groups excluding tert-OH is 1. The first-order valence-electron chi connectivity index (χ1n) is 4.94. The van der Waals surface area contributed by atoms with Crippen LogP contribution in [0, 0.1) is 17.5 Å². The van der Waals surface area contributed by atoms with Gasteiger partial charge in [-0.05, 0) is 19.1 Å². The van der Waals surface area contributed by atoms with Crippen molar-refractivity contribution in [2.75, 3.05) is 6.61 Å². The van der Waals surface area contributed by atoms with Crippen molar-refractivity contribution in [1.29, 1.82) is 0 Å². The fourth-order valence-electron chi connectivity index (χ4n) is 1.33. The molecule has 0 fully saturated rings. The molecule has 0 spiro atoms. The van der Waals surface area contributed by atoms with Crippen molar-refractivity contribution in [2.24, 2.45) is 0 Å². The summed E-state index contributed by atoms with van der Waals surface area (Å²) >= 11 is 0. The van der Waals surface area contributed by atoms with E-state index in [4.69, 9.17) is 0 Å². The van der Waals surface area contributed by atoms with Crippen molar-refractivity contribution in [3.05, 3.63) is 35.1 Å². The Balaban J connectivity index is 2.92. The van der Waals surface area contributed by atoms with Crippen molar-refractivity contribution in [2.45, 2.75) is 19.4 Å². The molecule has 6 heteroatoms. The standard InChI is InChI=1S/C11H11F3O3/c1-2-17-9(16)5-8(15)10-6(12)3-4-7(13)11(10)14/h3-4,8,15H,2,5H2,1H3. The molecule has 1 rings (SSSR count). The second-order valence-corrected chi connectivity index (χ2v) is 3.28. The molecule has 0 amide bonds. The fraction of sp³-hybridized carbons (Fsp3) is 0.364. The Morgan fingerprint density at radius 2 is 1.94 bits per heavy atom. The zero-order chi connectivity index (χ0) is 13.0. The molecule has 1 aromatic rings. The number of hydrogen-bond donors (Lipinski definition) is 1. The lowest BCUT2D eigenvalue weighted by Crippen LogP contribution is -2.13. The minimum atomic E-state index is -1.77. The van der Waals surface area contributed by atoms with Gasteiger partial charge in [-0.15, -0.1) is 0 Å². The number of benzene rings is 1. The molecular formula is C11H11F3O3. The molecular weight excluding hydrogens is 237 g/mol. The molecule has 1 aromatic carbocycles. The van der Waals surface area contributed by atoms with Gasteiger partial charge in [0.25, 0.3) is 0 Å². The molecule has 17 heavy (non-hydrogen) atoms. The number of carbonyl (C=O) groups is 1. The van der Waals surface area contributed by atoms with Gasteiger partial charge < -0.3 is 9.84 Å². The molecule has 0 saturated carbocycles. The van der Waals surface area contributed by atoms with E-state index >= 15 is 0 Å². The summed E-state index contributed by atoms with van der Waals surface area (Å²) < 4.78 is 43.8. The molecule has 0 aromatic heterocycles. The third kappa shape index (κ3) is 3.20. The smallest absolute Gasteiger partial charge is 0.308 e. The van der Waals surface area contributed by atoms with Crippen molar-refractivity contribution >= 4 is 5.97 Å². The molecule has 0 saturated heterocycles. The molecule has 1 N–H and O–H groups in total. The number of esters is 1. The summed E-state index contributed by atoms with van der Waals surface area (Å²) in [5.41, 5.74) is -0.863. The topological polar surface area (TPSA) is 46.5 Å². The van der Waals surface area contributed by atoms with Crippen molar-refractivity contribution < 1.29 is 27.8 Å².